The number of carbonyl (C=O) groups excluding carboxylic acids is 1. The SMILES string of the molecule is CN1CCN(c2ccc(C3CC(C(=O)O)CN3)cc2)CC1=O. The number of hydrogen-bond acceptors (Lipinski definition) is 4. The van der Waals surface area contributed by atoms with Gasteiger partial charge in [-0.05, 0) is 24.1 Å². The van der Waals surface area contributed by atoms with Gasteiger partial charge in [-0.2, -0.15) is 0 Å². The number of hydrogen-bond donors (Lipinski definition) is 2. The largest absolute Gasteiger partial charge is 0.481 e. The fraction of sp³-hybridized carbons (Fsp3) is 0.500. The molecule has 2 N–H and O–H groups in total. The Bertz CT molecular complexity index is 573. The van der Waals surface area contributed by atoms with Gasteiger partial charge in [0.15, 0.2) is 0 Å². The highest BCUT2D eigenvalue weighted by Crippen LogP contribution is 2.29. The van der Waals surface area contributed by atoms with Gasteiger partial charge in [0.1, 0.15) is 0 Å². The molecule has 2 aliphatic rings. The first-order valence-corrected chi connectivity index (χ1v) is 7.59. The highest BCUT2D eigenvalue weighted by Gasteiger charge is 2.30. The summed E-state index contributed by atoms with van der Waals surface area (Å²) in [5, 5.41) is 12.3. The van der Waals surface area contributed by atoms with Gasteiger partial charge in [-0.1, -0.05) is 12.1 Å². The minimum absolute atomic E-state index is 0.101. The zero-order valence-electron chi connectivity index (χ0n) is 12.7. The molecule has 1 aromatic rings. The van der Waals surface area contributed by atoms with Crippen LogP contribution in [0, 0.1) is 5.92 Å². The molecule has 0 bridgehead atoms. The summed E-state index contributed by atoms with van der Waals surface area (Å²) in [7, 11) is 1.83. The smallest absolute Gasteiger partial charge is 0.307 e. The van der Waals surface area contributed by atoms with E-state index in [1.54, 1.807) is 4.90 Å². The van der Waals surface area contributed by atoms with Gasteiger partial charge in [0.25, 0.3) is 0 Å². The monoisotopic (exact) mass is 303 g/mol. The Morgan fingerprint density at radius 1 is 1.27 bits per heavy atom. The number of likely N-dealkylation sites (N-methyl/N-ethyl adjacent to an activating group) is 1. The van der Waals surface area contributed by atoms with Crippen LogP contribution < -0.4 is 10.2 Å². The number of rotatable bonds is 3. The molecular weight excluding hydrogens is 282 g/mol. The Labute approximate surface area is 129 Å². The van der Waals surface area contributed by atoms with Crippen molar-refractivity contribution in [3.8, 4) is 0 Å². The zero-order chi connectivity index (χ0) is 15.7. The van der Waals surface area contributed by atoms with Gasteiger partial charge < -0.3 is 20.2 Å². The van der Waals surface area contributed by atoms with Crippen LogP contribution in [0.15, 0.2) is 24.3 Å². The minimum Gasteiger partial charge on any atom is -0.481 e. The number of amides is 1. The molecule has 1 aromatic carbocycles. The second kappa shape index (κ2) is 5.96. The van der Waals surface area contributed by atoms with E-state index >= 15 is 0 Å². The van der Waals surface area contributed by atoms with Crippen LogP contribution in [0.4, 0.5) is 5.69 Å². The lowest BCUT2D eigenvalue weighted by Crippen LogP contribution is -2.48. The van der Waals surface area contributed by atoms with Crippen LogP contribution in [-0.2, 0) is 9.59 Å². The van der Waals surface area contributed by atoms with Crippen LogP contribution in [-0.4, -0.2) is 55.1 Å². The van der Waals surface area contributed by atoms with E-state index < -0.39 is 5.97 Å². The minimum atomic E-state index is -0.734. The second-order valence-electron chi connectivity index (χ2n) is 6.06. The van der Waals surface area contributed by atoms with Crippen LogP contribution in [0.5, 0.6) is 0 Å². The topological polar surface area (TPSA) is 72.9 Å². The number of piperazine rings is 1. The number of nitrogens with zero attached hydrogens (tertiary/aromatic N) is 2. The van der Waals surface area contributed by atoms with Gasteiger partial charge in [0.2, 0.25) is 5.91 Å². The van der Waals surface area contributed by atoms with Crippen molar-refractivity contribution in [3.05, 3.63) is 29.8 Å². The number of anilines is 1. The van der Waals surface area contributed by atoms with E-state index in [1.165, 1.54) is 0 Å². The van der Waals surface area contributed by atoms with Gasteiger partial charge in [0.05, 0.1) is 12.5 Å². The third kappa shape index (κ3) is 2.92. The summed E-state index contributed by atoms with van der Waals surface area (Å²) >= 11 is 0. The molecule has 6 heteroatoms. The Morgan fingerprint density at radius 2 is 2.00 bits per heavy atom. The van der Waals surface area contributed by atoms with E-state index in [0.29, 0.717) is 19.5 Å². The van der Waals surface area contributed by atoms with Crippen molar-refractivity contribution in [2.24, 2.45) is 5.92 Å². The van der Waals surface area contributed by atoms with Crippen molar-refractivity contribution in [3.63, 3.8) is 0 Å². The van der Waals surface area contributed by atoms with Crippen molar-refractivity contribution in [1.29, 1.82) is 0 Å². The average Bonchev–Trinajstić information content (AvgIpc) is 3.00. The molecule has 118 valence electrons. The molecule has 6 nitrogen and oxygen atoms in total. The lowest BCUT2D eigenvalue weighted by molar-refractivity contribution is -0.141. The van der Waals surface area contributed by atoms with Crippen molar-refractivity contribution >= 4 is 17.6 Å². The number of carboxylic acids is 1. The number of nitrogens with one attached hydrogen (secondary N) is 1. The van der Waals surface area contributed by atoms with E-state index in [1.807, 2.05) is 31.3 Å². The summed E-state index contributed by atoms with van der Waals surface area (Å²) in [6, 6.07) is 8.19. The van der Waals surface area contributed by atoms with Crippen LogP contribution >= 0.6 is 0 Å². The number of benzene rings is 1. The molecule has 2 fully saturated rings. The molecule has 22 heavy (non-hydrogen) atoms. The number of aliphatic carboxylic acids is 1. The van der Waals surface area contributed by atoms with Crippen LogP contribution in [0.1, 0.15) is 18.0 Å². The van der Waals surface area contributed by atoms with Crippen molar-refractivity contribution in [1.82, 2.24) is 10.2 Å². The predicted molar refractivity (Wildman–Crippen MR) is 82.8 cm³/mol. The maximum absolute atomic E-state index is 11.8. The third-order valence-corrected chi connectivity index (χ3v) is 4.60. The van der Waals surface area contributed by atoms with Gasteiger partial charge in [0, 0.05) is 38.4 Å². The van der Waals surface area contributed by atoms with E-state index in [0.717, 1.165) is 24.3 Å². The first-order chi connectivity index (χ1) is 10.5. The molecule has 0 radical (unpaired) electrons. The predicted octanol–water partition coefficient (Wildman–Crippen LogP) is 0.700. The van der Waals surface area contributed by atoms with Crippen molar-refractivity contribution < 1.29 is 14.7 Å². The third-order valence-electron chi connectivity index (χ3n) is 4.60. The Morgan fingerprint density at radius 3 is 2.59 bits per heavy atom. The van der Waals surface area contributed by atoms with E-state index in [4.69, 9.17) is 5.11 Å². The standard InChI is InChI=1S/C16H21N3O3/c1-18-6-7-19(10-15(18)20)13-4-2-11(3-5-13)14-8-12(9-17-14)16(21)22/h2-5,12,14,17H,6-10H2,1H3,(H,21,22). The molecule has 2 unspecified atom stereocenters. The molecule has 0 spiro atoms. The Kier molecular flexibility index (Phi) is 4.02. The fourth-order valence-corrected chi connectivity index (χ4v) is 3.07. The Balaban J connectivity index is 1.66. The van der Waals surface area contributed by atoms with Gasteiger partial charge in [-0.15, -0.1) is 0 Å². The quantitative estimate of drug-likeness (QED) is 0.860. The van der Waals surface area contributed by atoms with Crippen molar-refractivity contribution in [2.45, 2.75) is 12.5 Å². The normalized spacial score (nSPS) is 25.6. The van der Waals surface area contributed by atoms with Gasteiger partial charge in [-0.25, -0.2) is 0 Å². The zero-order valence-corrected chi connectivity index (χ0v) is 12.7. The maximum atomic E-state index is 11.8. The average molecular weight is 303 g/mol. The molecule has 2 saturated heterocycles. The number of carbonyl (C=O) groups is 2. The lowest BCUT2D eigenvalue weighted by atomic mass is 10.00. The van der Waals surface area contributed by atoms with E-state index in [9.17, 15) is 9.59 Å². The molecule has 2 atom stereocenters. The van der Waals surface area contributed by atoms with Crippen molar-refractivity contribution in [2.75, 3.05) is 38.1 Å². The molecule has 0 aromatic heterocycles. The van der Waals surface area contributed by atoms with E-state index in [-0.39, 0.29) is 17.9 Å². The first-order valence-electron chi connectivity index (χ1n) is 7.59. The molecule has 2 aliphatic heterocycles. The maximum Gasteiger partial charge on any atom is 0.307 e. The molecule has 2 heterocycles. The van der Waals surface area contributed by atoms with Gasteiger partial charge >= 0.3 is 5.97 Å². The van der Waals surface area contributed by atoms with Crippen LogP contribution in [0.3, 0.4) is 0 Å². The summed E-state index contributed by atoms with van der Waals surface area (Å²) in [5.74, 6) is -0.903. The molecule has 1 amide bonds. The molecular formula is C16H21N3O3. The Hall–Kier alpha value is -2.08. The summed E-state index contributed by atoms with van der Waals surface area (Å²) < 4.78 is 0. The first kappa shape index (κ1) is 14.8. The summed E-state index contributed by atoms with van der Waals surface area (Å²) in [4.78, 5) is 26.6. The lowest BCUT2D eigenvalue weighted by Gasteiger charge is -2.33. The highest BCUT2D eigenvalue weighted by atomic mass is 16.4. The number of carboxylic acid groups (broad SMARTS) is 1. The molecule has 3 rings (SSSR count). The van der Waals surface area contributed by atoms with Crippen LogP contribution in [0.2, 0.25) is 0 Å². The van der Waals surface area contributed by atoms with E-state index in [2.05, 4.69) is 10.2 Å². The molecule has 0 aliphatic carbocycles. The highest BCUT2D eigenvalue weighted by molar-refractivity contribution is 5.82. The second-order valence-corrected chi connectivity index (χ2v) is 6.06. The molecule has 0 saturated carbocycles. The summed E-state index contributed by atoms with van der Waals surface area (Å²) in [5.41, 5.74) is 2.14. The summed E-state index contributed by atoms with van der Waals surface area (Å²) in [6.07, 6.45) is 0.627. The van der Waals surface area contributed by atoms with Gasteiger partial charge in [-0.3, -0.25) is 9.59 Å². The van der Waals surface area contributed by atoms with Crippen LogP contribution in [0.25, 0.3) is 0 Å². The summed E-state index contributed by atoms with van der Waals surface area (Å²) in [6.45, 7) is 2.52. The fourth-order valence-electron chi connectivity index (χ4n) is 3.07.